The molecule has 4 heterocycles. The number of likely N-dealkylation sites (tertiary alicyclic amines) is 1. The van der Waals surface area contributed by atoms with Gasteiger partial charge in [-0.3, -0.25) is 4.79 Å². The molecule has 11 heteroatoms. The van der Waals surface area contributed by atoms with Gasteiger partial charge in [0.2, 0.25) is 5.91 Å². The Hall–Kier alpha value is -4.18. The largest absolute Gasteiger partial charge is 0.467 e. The van der Waals surface area contributed by atoms with Crippen LogP contribution in [0.15, 0.2) is 47.0 Å². The third-order valence-electron chi connectivity index (χ3n) is 8.08. The molecule has 10 nitrogen and oxygen atoms in total. The highest BCUT2D eigenvalue weighted by molar-refractivity contribution is 6.36. The lowest BCUT2D eigenvalue weighted by Gasteiger charge is -2.34. The summed E-state index contributed by atoms with van der Waals surface area (Å²) in [6.07, 6.45) is 4.69. The number of halogens is 1. The third kappa shape index (κ3) is 5.38. The van der Waals surface area contributed by atoms with Gasteiger partial charge in [0.25, 0.3) is 5.89 Å². The number of nitrogens with zero attached hydrogens (tertiary/aromatic N) is 7. The van der Waals surface area contributed by atoms with E-state index in [0.29, 0.717) is 37.4 Å². The monoisotopic (exact) mass is 587 g/mol. The lowest BCUT2D eigenvalue weighted by Crippen LogP contribution is -2.39. The zero-order valence-corrected chi connectivity index (χ0v) is 25.0. The Morgan fingerprint density at radius 2 is 1.98 bits per heavy atom. The maximum Gasteiger partial charge on any atom is 0.318 e. The van der Waals surface area contributed by atoms with Crippen molar-refractivity contribution in [3.63, 3.8) is 0 Å². The fraction of sp³-hybridized carbons (Fsp3) is 0.387. The number of aromatic nitrogens is 4. The van der Waals surface area contributed by atoms with E-state index in [1.807, 2.05) is 37.9 Å². The number of likely N-dealkylation sites (N-methyl/N-ethyl adjacent to an activating group) is 1. The van der Waals surface area contributed by atoms with E-state index in [2.05, 4.69) is 44.2 Å². The second kappa shape index (κ2) is 11.6. The summed E-state index contributed by atoms with van der Waals surface area (Å²) in [5, 5.41) is 6.85. The number of methoxy groups -OCH3 is 1. The molecule has 42 heavy (non-hydrogen) atoms. The fourth-order valence-electron chi connectivity index (χ4n) is 5.75. The Bertz CT molecular complexity index is 1650. The summed E-state index contributed by atoms with van der Waals surface area (Å²) in [7, 11) is 3.63. The highest BCUT2D eigenvalue weighted by atomic mass is 35.5. The summed E-state index contributed by atoms with van der Waals surface area (Å²) in [5.74, 6) is 1.89. The summed E-state index contributed by atoms with van der Waals surface area (Å²) < 4.78 is 10.8. The van der Waals surface area contributed by atoms with Crippen LogP contribution in [0.25, 0.3) is 16.8 Å². The number of amides is 1. The smallest absolute Gasteiger partial charge is 0.318 e. The Morgan fingerprint density at radius 3 is 2.74 bits per heavy atom. The second-order valence-corrected chi connectivity index (χ2v) is 11.5. The molecular weight excluding hydrogens is 554 g/mol. The Balaban J connectivity index is 1.20. The van der Waals surface area contributed by atoms with Crippen molar-refractivity contribution in [3.05, 3.63) is 70.5 Å². The Morgan fingerprint density at radius 1 is 1.17 bits per heavy atom. The van der Waals surface area contributed by atoms with E-state index in [-0.39, 0.29) is 17.9 Å². The van der Waals surface area contributed by atoms with Gasteiger partial charge < -0.3 is 24.0 Å². The molecule has 4 aromatic rings. The van der Waals surface area contributed by atoms with E-state index in [1.165, 1.54) is 6.08 Å². The topological polar surface area (TPSA) is 101 Å². The quantitative estimate of drug-likeness (QED) is 0.273. The van der Waals surface area contributed by atoms with Gasteiger partial charge in [0.1, 0.15) is 5.82 Å². The maximum absolute atomic E-state index is 13.0. The molecule has 0 radical (unpaired) electrons. The molecule has 2 aliphatic rings. The summed E-state index contributed by atoms with van der Waals surface area (Å²) in [5.41, 5.74) is 3.14. The minimum absolute atomic E-state index is 0.0816. The number of anilines is 2. The number of benzene rings is 2. The van der Waals surface area contributed by atoms with Crippen molar-refractivity contribution < 1.29 is 14.1 Å². The number of carbonyl (C=O) groups excluding carboxylic acids is 1. The molecule has 2 aromatic heterocycles. The van der Waals surface area contributed by atoms with Gasteiger partial charge in [-0.1, -0.05) is 54.9 Å². The van der Waals surface area contributed by atoms with Crippen molar-refractivity contribution in [1.29, 1.82) is 0 Å². The minimum atomic E-state index is -0.0816. The van der Waals surface area contributed by atoms with E-state index in [4.69, 9.17) is 30.8 Å². The first-order chi connectivity index (χ1) is 20.3. The van der Waals surface area contributed by atoms with Gasteiger partial charge in [-0.05, 0) is 30.4 Å². The lowest BCUT2D eigenvalue weighted by atomic mass is 10.0. The molecular formula is C31H34ClN7O3. The summed E-state index contributed by atoms with van der Waals surface area (Å²) in [6, 6.07) is 12.7. The van der Waals surface area contributed by atoms with E-state index < -0.39 is 0 Å². The van der Waals surface area contributed by atoms with Gasteiger partial charge in [0.05, 0.1) is 24.4 Å². The number of rotatable bonds is 7. The normalized spacial score (nSPS) is 17.0. The summed E-state index contributed by atoms with van der Waals surface area (Å²) in [6.45, 7) is 6.65. The van der Waals surface area contributed by atoms with Crippen LogP contribution in [-0.2, 0) is 17.8 Å². The number of hydrogen-bond donors (Lipinski definition) is 0. The SMILES string of the molecule is COc1nc2c(c(N(C)C3CCN(C(=O)/C=C/c4nc(C(C)C)no4)C3)n1)CCN(c1cccc3cccc(Cl)c13)C2. The zero-order valence-electron chi connectivity index (χ0n) is 24.2. The highest BCUT2D eigenvalue weighted by Gasteiger charge is 2.32. The molecule has 1 saturated heterocycles. The average molecular weight is 588 g/mol. The molecule has 1 fully saturated rings. The molecule has 1 atom stereocenters. The van der Waals surface area contributed by atoms with Gasteiger partial charge in [-0.25, -0.2) is 0 Å². The standard InChI is InChI=1S/C31H34ClN7O3/c1-19(2)29-34-26(42-36-29)11-12-27(40)39-15-13-21(17-39)37(3)30-22-14-16-38(18-24(22)33-31(35-30)41-4)25-10-6-8-20-7-5-9-23(32)28(20)25/h5-12,19,21H,13-18H2,1-4H3/b12-11+. The van der Waals surface area contributed by atoms with Gasteiger partial charge >= 0.3 is 6.01 Å². The van der Waals surface area contributed by atoms with Gasteiger partial charge in [-0.15, -0.1) is 0 Å². The van der Waals surface area contributed by atoms with Crippen LogP contribution in [0, 0.1) is 0 Å². The van der Waals surface area contributed by atoms with Gasteiger partial charge in [0, 0.05) is 67.4 Å². The van der Waals surface area contributed by atoms with Crippen LogP contribution in [0.4, 0.5) is 11.5 Å². The van der Waals surface area contributed by atoms with E-state index in [0.717, 1.165) is 57.9 Å². The van der Waals surface area contributed by atoms with Crippen molar-refractivity contribution in [1.82, 2.24) is 25.0 Å². The number of fused-ring (bicyclic) bond motifs is 2. The van der Waals surface area contributed by atoms with E-state index in [1.54, 1.807) is 13.2 Å². The zero-order chi connectivity index (χ0) is 29.4. The molecule has 1 unspecified atom stereocenters. The molecule has 0 bridgehead atoms. The summed E-state index contributed by atoms with van der Waals surface area (Å²) in [4.78, 5) is 33.2. The van der Waals surface area contributed by atoms with Crippen LogP contribution in [0.5, 0.6) is 6.01 Å². The van der Waals surface area contributed by atoms with E-state index >= 15 is 0 Å². The highest BCUT2D eigenvalue weighted by Crippen LogP contribution is 2.37. The second-order valence-electron chi connectivity index (χ2n) is 11.1. The van der Waals surface area contributed by atoms with Crippen molar-refractivity contribution >= 4 is 45.9 Å². The predicted molar refractivity (Wildman–Crippen MR) is 163 cm³/mol. The molecule has 0 saturated carbocycles. The minimum Gasteiger partial charge on any atom is -0.467 e. The summed E-state index contributed by atoms with van der Waals surface area (Å²) >= 11 is 6.64. The van der Waals surface area contributed by atoms with Crippen LogP contribution in [-0.4, -0.2) is 70.7 Å². The molecule has 6 rings (SSSR count). The van der Waals surface area contributed by atoms with Gasteiger partial charge in [-0.2, -0.15) is 15.0 Å². The van der Waals surface area contributed by atoms with Crippen molar-refractivity contribution in [3.8, 4) is 6.01 Å². The van der Waals surface area contributed by atoms with Crippen molar-refractivity contribution in [2.75, 3.05) is 43.6 Å². The lowest BCUT2D eigenvalue weighted by molar-refractivity contribution is -0.124. The average Bonchev–Trinajstić information content (AvgIpc) is 3.69. The third-order valence-corrected chi connectivity index (χ3v) is 8.39. The first kappa shape index (κ1) is 28.0. The first-order valence-electron chi connectivity index (χ1n) is 14.2. The molecule has 1 amide bonds. The van der Waals surface area contributed by atoms with Crippen molar-refractivity contribution in [2.45, 2.75) is 45.2 Å². The molecule has 2 aliphatic heterocycles. The predicted octanol–water partition coefficient (Wildman–Crippen LogP) is 5.11. The van der Waals surface area contributed by atoms with E-state index in [9.17, 15) is 4.79 Å². The maximum atomic E-state index is 13.0. The van der Waals surface area contributed by atoms with Crippen LogP contribution >= 0.6 is 11.6 Å². The Labute approximate surface area is 249 Å². The van der Waals surface area contributed by atoms with Crippen LogP contribution in [0.2, 0.25) is 5.02 Å². The van der Waals surface area contributed by atoms with Crippen LogP contribution in [0.3, 0.4) is 0 Å². The molecule has 0 N–H and O–H groups in total. The van der Waals surface area contributed by atoms with Crippen LogP contribution < -0.4 is 14.5 Å². The number of carbonyl (C=O) groups is 1. The molecule has 2 aromatic carbocycles. The Kier molecular flexibility index (Phi) is 7.72. The van der Waals surface area contributed by atoms with Gasteiger partial charge in [0.15, 0.2) is 5.82 Å². The van der Waals surface area contributed by atoms with Crippen LogP contribution in [0.1, 0.15) is 49.2 Å². The van der Waals surface area contributed by atoms with Crippen molar-refractivity contribution in [2.24, 2.45) is 0 Å². The molecule has 0 aliphatic carbocycles. The number of hydrogen-bond acceptors (Lipinski definition) is 9. The first-order valence-corrected chi connectivity index (χ1v) is 14.6. The molecule has 0 spiro atoms. The number of ether oxygens (including phenoxy) is 1. The molecule has 218 valence electrons. The fourth-order valence-corrected chi connectivity index (χ4v) is 6.02.